The first-order chi connectivity index (χ1) is 11.7. The van der Waals surface area contributed by atoms with Crippen LogP contribution in [-0.4, -0.2) is 57.1 Å². The number of sulfone groups is 1. The maximum absolute atomic E-state index is 12.2. The van der Waals surface area contributed by atoms with Crippen molar-refractivity contribution in [2.45, 2.75) is 39.7 Å². The minimum atomic E-state index is -2.92. The molecular formula is C18H28N2O4S. The predicted octanol–water partition coefficient (Wildman–Crippen LogP) is 2.21. The number of hydrogen-bond donors (Lipinski definition) is 1. The van der Waals surface area contributed by atoms with Gasteiger partial charge in [-0.3, -0.25) is 0 Å². The van der Waals surface area contributed by atoms with E-state index in [1.54, 1.807) is 11.9 Å². The van der Waals surface area contributed by atoms with Crippen LogP contribution in [0.4, 0.5) is 4.79 Å². The molecule has 1 aromatic carbocycles. The summed E-state index contributed by atoms with van der Waals surface area (Å²) in [7, 11) is -1.20. The van der Waals surface area contributed by atoms with Crippen LogP contribution in [-0.2, 0) is 9.84 Å². The number of urea groups is 1. The van der Waals surface area contributed by atoms with Gasteiger partial charge >= 0.3 is 6.03 Å². The van der Waals surface area contributed by atoms with E-state index in [9.17, 15) is 13.2 Å². The van der Waals surface area contributed by atoms with E-state index >= 15 is 0 Å². The number of amides is 2. The second kappa shape index (κ2) is 8.08. The Bertz CT molecular complexity index is 694. The maximum Gasteiger partial charge on any atom is 0.317 e. The molecule has 1 aliphatic heterocycles. The highest BCUT2D eigenvalue weighted by Gasteiger charge is 2.28. The van der Waals surface area contributed by atoms with Gasteiger partial charge in [-0.1, -0.05) is 17.7 Å². The first-order valence-electron chi connectivity index (χ1n) is 8.61. The highest BCUT2D eigenvalue weighted by atomic mass is 32.2. The molecule has 25 heavy (non-hydrogen) atoms. The molecule has 1 aliphatic rings. The molecule has 0 saturated carbocycles. The number of nitrogens with zero attached hydrogens (tertiary/aromatic N) is 1. The molecule has 1 saturated heterocycles. The van der Waals surface area contributed by atoms with Crippen molar-refractivity contribution in [2.24, 2.45) is 0 Å². The number of benzene rings is 1. The van der Waals surface area contributed by atoms with Gasteiger partial charge in [-0.15, -0.1) is 0 Å². The molecule has 2 amide bonds. The minimum Gasteiger partial charge on any atom is -0.491 e. The van der Waals surface area contributed by atoms with Crippen LogP contribution >= 0.6 is 0 Å². The summed E-state index contributed by atoms with van der Waals surface area (Å²) in [4.78, 5) is 13.8. The lowest BCUT2D eigenvalue weighted by Gasteiger charge is -2.31. The number of carbonyl (C=O) groups excluding carboxylic acids is 1. The SMILES string of the molecule is Cc1cc(C)c(OCCNC(=O)N(C)C2CCS(=O)(=O)CC2)c(C)c1. The number of hydrogen-bond acceptors (Lipinski definition) is 4. The predicted molar refractivity (Wildman–Crippen MR) is 99.0 cm³/mol. The van der Waals surface area contributed by atoms with Gasteiger partial charge in [0.1, 0.15) is 22.2 Å². The molecule has 0 unspecified atom stereocenters. The Morgan fingerprint density at radius 3 is 2.32 bits per heavy atom. The topological polar surface area (TPSA) is 75.7 Å². The highest BCUT2D eigenvalue weighted by Crippen LogP contribution is 2.24. The maximum atomic E-state index is 12.2. The van der Waals surface area contributed by atoms with Gasteiger partial charge < -0.3 is 15.0 Å². The van der Waals surface area contributed by atoms with Crippen LogP contribution in [0.25, 0.3) is 0 Å². The van der Waals surface area contributed by atoms with Crippen molar-refractivity contribution in [2.75, 3.05) is 31.7 Å². The largest absolute Gasteiger partial charge is 0.491 e. The third-order valence-corrected chi connectivity index (χ3v) is 6.34. The van der Waals surface area contributed by atoms with Crippen molar-refractivity contribution in [1.29, 1.82) is 0 Å². The summed E-state index contributed by atoms with van der Waals surface area (Å²) in [5, 5.41) is 2.83. The van der Waals surface area contributed by atoms with E-state index in [-0.39, 0.29) is 23.6 Å². The van der Waals surface area contributed by atoms with Gasteiger partial charge in [0.15, 0.2) is 0 Å². The highest BCUT2D eigenvalue weighted by molar-refractivity contribution is 7.91. The molecule has 0 aromatic heterocycles. The van der Waals surface area contributed by atoms with E-state index in [4.69, 9.17) is 4.74 Å². The third kappa shape index (κ3) is 5.36. The molecule has 6 nitrogen and oxygen atoms in total. The number of carbonyl (C=O) groups is 1. The zero-order chi connectivity index (χ0) is 18.6. The van der Waals surface area contributed by atoms with Gasteiger partial charge in [-0.05, 0) is 44.7 Å². The van der Waals surface area contributed by atoms with Crippen LogP contribution < -0.4 is 10.1 Å². The molecule has 0 aliphatic carbocycles. The molecule has 0 spiro atoms. The van der Waals surface area contributed by atoms with Crippen LogP contribution in [0.15, 0.2) is 12.1 Å². The normalized spacial score (nSPS) is 17.1. The molecule has 140 valence electrons. The van der Waals surface area contributed by atoms with E-state index in [0.717, 1.165) is 16.9 Å². The van der Waals surface area contributed by atoms with Crippen molar-refractivity contribution in [3.63, 3.8) is 0 Å². The average molecular weight is 368 g/mol. The van der Waals surface area contributed by atoms with Crippen LogP contribution in [0, 0.1) is 20.8 Å². The van der Waals surface area contributed by atoms with Crippen molar-refractivity contribution in [3.05, 3.63) is 28.8 Å². The Labute approximate surface area is 150 Å². The zero-order valence-electron chi connectivity index (χ0n) is 15.5. The Hall–Kier alpha value is -1.76. The third-order valence-electron chi connectivity index (χ3n) is 4.62. The monoisotopic (exact) mass is 368 g/mol. The fourth-order valence-electron chi connectivity index (χ4n) is 3.26. The van der Waals surface area contributed by atoms with Crippen molar-refractivity contribution in [3.8, 4) is 5.75 Å². The minimum absolute atomic E-state index is 0.0222. The molecule has 0 bridgehead atoms. The molecule has 1 fully saturated rings. The lowest BCUT2D eigenvalue weighted by Crippen LogP contribution is -2.47. The summed E-state index contributed by atoms with van der Waals surface area (Å²) in [5.74, 6) is 1.18. The number of aryl methyl sites for hydroxylation is 3. The van der Waals surface area contributed by atoms with E-state index < -0.39 is 9.84 Å². The average Bonchev–Trinajstić information content (AvgIpc) is 2.52. The molecule has 7 heteroatoms. The van der Waals surface area contributed by atoms with E-state index in [1.807, 2.05) is 13.8 Å². The first kappa shape index (κ1) is 19.6. The lowest BCUT2D eigenvalue weighted by atomic mass is 10.1. The van der Waals surface area contributed by atoms with Gasteiger partial charge in [0.05, 0.1) is 18.1 Å². The fraction of sp³-hybridized carbons (Fsp3) is 0.611. The molecule has 1 N–H and O–H groups in total. The molecular weight excluding hydrogens is 340 g/mol. The van der Waals surface area contributed by atoms with Crippen LogP contribution in [0.3, 0.4) is 0 Å². The second-order valence-electron chi connectivity index (χ2n) is 6.80. The van der Waals surface area contributed by atoms with Gasteiger partial charge in [-0.25, -0.2) is 13.2 Å². The van der Waals surface area contributed by atoms with Crippen LogP contribution in [0.1, 0.15) is 29.5 Å². The fourth-order valence-corrected chi connectivity index (χ4v) is 4.73. The second-order valence-corrected chi connectivity index (χ2v) is 9.11. The molecule has 2 rings (SSSR count). The number of ether oxygens (including phenoxy) is 1. The van der Waals surface area contributed by atoms with Crippen LogP contribution in [0.2, 0.25) is 0 Å². The Balaban J connectivity index is 1.77. The van der Waals surface area contributed by atoms with Crippen molar-refractivity contribution < 1.29 is 17.9 Å². The number of rotatable bonds is 5. The van der Waals surface area contributed by atoms with Gasteiger partial charge in [0.25, 0.3) is 0 Å². The molecule has 1 heterocycles. The zero-order valence-corrected chi connectivity index (χ0v) is 16.3. The molecule has 0 radical (unpaired) electrons. The van der Waals surface area contributed by atoms with Crippen molar-refractivity contribution >= 4 is 15.9 Å². The van der Waals surface area contributed by atoms with E-state index in [2.05, 4.69) is 24.4 Å². The summed E-state index contributed by atoms with van der Waals surface area (Å²) in [6.07, 6.45) is 1.01. The summed E-state index contributed by atoms with van der Waals surface area (Å²) < 4.78 is 28.8. The quantitative estimate of drug-likeness (QED) is 0.809. The lowest BCUT2D eigenvalue weighted by molar-refractivity contribution is 0.183. The summed E-state index contributed by atoms with van der Waals surface area (Å²) in [6, 6.07) is 3.94. The summed E-state index contributed by atoms with van der Waals surface area (Å²) in [6.45, 7) is 6.87. The number of nitrogens with one attached hydrogen (secondary N) is 1. The summed E-state index contributed by atoms with van der Waals surface area (Å²) >= 11 is 0. The smallest absolute Gasteiger partial charge is 0.317 e. The first-order valence-corrected chi connectivity index (χ1v) is 10.4. The van der Waals surface area contributed by atoms with Crippen molar-refractivity contribution in [1.82, 2.24) is 10.2 Å². The van der Waals surface area contributed by atoms with Gasteiger partial charge in [-0.2, -0.15) is 0 Å². The standard InChI is InChI=1S/C18H28N2O4S/c1-13-11-14(2)17(15(3)12-13)24-8-7-19-18(21)20(4)16-5-9-25(22,23)10-6-16/h11-12,16H,5-10H2,1-4H3,(H,19,21). The van der Waals surface area contributed by atoms with Crippen LogP contribution in [0.5, 0.6) is 5.75 Å². The Morgan fingerprint density at radius 2 is 1.76 bits per heavy atom. The molecule has 1 aromatic rings. The Kier molecular flexibility index (Phi) is 6.32. The van der Waals surface area contributed by atoms with E-state index in [0.29, 0.717) is 26.0 Å². The molecule has 0 atom stereocenters. The Morgan fingerprint density at radius 1 is 1.20 bits per heavy atom. The van der Waals surface area contributed by atoms with E-state index in [1.165, 1.54) is 5.56 Å². The van der Waals surface area contributed by atoms with Gasteiger partial charge in [0, 0.05) is 13.1 Å². The summed E-state index contributed by atoms with van der Waals surface area (Å²) in [5.41, 5.74) is 3.38. The van der Waals surface area contributed by atoms with Gasteiger partial charge in [0.2, 0.25) is 0 Å².